The molecule has 2 heteroatoms. The van der Waals surface area contributed by atoms with Crippen molar-refractivity contribution in [2.75, 3.05) is 13.1 Å². The van der Waals surface area contributed by atoms with Crippen molar-refractivity contribution < 1.29 is 5.11 Å². The molecule has 1 aromatic carbocycles. The van der Waals surface area contributed by atoms with E-state index in [2.05, 4.69) is 17.2 Å². The maximum atomic E-state index is 9.78. The van der Waals surface area contributed by atoms with Crippen LogP contribution in [0.3, 0.4) is 0 Å². The predicted molar refractivity (Wildman–Crippen MR) is 69.5 cm³/mol. The second-order valence-electron chi connectivity index (χ2n) is 4.59. The molecule has 2 rings (SSSR count). The third-order valence-corrected chi connectivity index (χ3v) is 3.17. The molecule has 0 radical (unpaired) electrons. The van der Waals surface area contributed by atoms with E-state index in [1.807, 2.05) is 30.3 Å². The summed E-state index contributed by atoms with van der Waals surface area (Å²) >= 11 is 0. The molecule has 1 saturated heterocycles. The summed E-state index contributed by atoms with van der Waals surface area (Å²) in [5, 5.41) is 13.1. The van der Waals surface area contributed by atoms with Crippen molar-refractivity contribution in [2.45, 2.75) is 25.4 Å². The van der Waals surface area contributed by atoms with E-state index in [1.165, 1.54) is 6.42 Å². The van der Waals surface area contributed by atoms with Crippen molar-refractivity contribution in [3.8, 4) is 11.8 Å². The normalized spacial score (nSPS) is 20.6. The Bertz CT molecular complexity index is 384. The van der Waals surface area contributed by atoms with Gasteiger partial charge in [-0.25, -0.2) is 0 Å². The lowest BCUT2D eigenvalue weighted by molar-refractivity contribution is 0.210. The molecule has 1 heterocycles. The number of hydrogen-bond acceptors (Lipinski definition) is 2. The van der Waals surface area contributed by atoms with Gasteiger partial charge >= 0.3 is 0 Å². The van der Waals surface area contributed by atoms with Gasteiger partial charge in [-0.05, 0) is 50.4 Å². The molecule has 0 aliphatic carbocycles. The monoisotopic (exact) mass is 229 g/mol. The summed E-state index contributed by atoms with van der Waals surface area (Å²) in [5.74, 6) is 6.64. The first-order chi connectivity index (χ1) is 8.34. The van der Waals surface area contributed by atoms with Crippen LogP contribution in [0.4, 0.5) is 0 Å². The van der Waals surface area contributed by atoms with Crippen LogP contribution in [0, 0.1) is 17.8 Å². The molecule has 0 spiro atoms. The zero-order valence-corrected chi connectivity index (χ0v) is 10.0. The highest BCUT2D eigenvalue weighted by molar-refractivity contribution is 5.34. The van der Waals surface area contributed by atoms with Gasteiger partial charge in [0.1, 0.15) is 6.10 Å². The molecule has 0 amide bonds. The van der Waals surface area contributed by atoms with Gasteiger partial charge in [0, 0.05) is 5.56 Å². The van der Waals surface area contributed by atoms with Crippen LogP contribution < -0.4 is 5.32 Å². The molecule has 0 saturated carbocycles. The van der Waals surface area contributed by atoms with Crippen LogP contribution in [0.2, 0.25) is 0 Å². The summed E-state index contributed by atoms with van der Waals surface area (Å²) in [7, 11) is 0. The number of rotatable bonds is 3. The number of benzene rings is 1. The van der Waals surface area contributed by atoms with Gasteiger partial charge < -0.3 is 10.4 Å². The summed E-state index contributed by atoms with van der Waals surface area (Å²) in [4.78, 5) is 0. The largest absolute Gasteiger partial charge is 0.380 e. The number of nitrogens with one attached hydrogen (secondary N) is 1. The Morgan fingerprint density at radius 3 is 2.88 bits per heavy atom. The molecule has 0 bridgehead atoms. The van der Waals surface area contributed by atoms with Gasteiger partial charge in [-0.3, -0.25) is 0 Å². The van der Waals surface area contributed by atoms with Crippen molar-refractivity contribution in [3.05, 3.63) is 35.9 Å². The second kappa shape index (κ2) is 6.44. The topological polar surface area (TPSA) is 32.3 Å². The molecular formula is C15H19NO. The van der Waals surface area contributed by atoms with Crippen molar-refractivity contribution >= 4 is 0 Å². The van der Waals surface area contributed by atoms with Crippen LogP contribution in [0.25, 0.3) is 0 Å². The summed E-state index contributed by atoms with van der Waals surface area (Å²) < 4.78 is 0. The molecule has 2 atom stereocenters. The van der Waals surface area contributed by atoms with E-state index < -0.39 is 6.10 Å². The maximum Gasteiger partial charge on any atom is 0.115 e. The van der Waals surface area contributed by atoms with Gasteiger partial charge in [-0.15, -0.1) is 0 Å². The molecule has 2 N–H and O–H groups in total. The first-order valence-corrected chi connectivity index (χ1v) is 6.30. The maximum absolute atomic E-state index is 9.78. The van der Waals surface area contributed by atoms with Crippen LogP contribution in [-0.4, -0.2) is 24.3 Å². The molecule has 90 valence electrons. The van der Waals surface area contributed by atoms with Gasteiger partial charge in [-0.2, -0.15) is 0 Å². The summed E-state index contributed by atoms with van der Waals surface area (Å²) in [6.07, 6.45) is 2.60. The fraction of sp³-hybridized carbons (Fsp3) is 0.467. The van der Waals surface area contributed by atoms with E-state index in [0.29, 0.717) is 0 Å². The van der Waals surface area contributed by atoms with E-state index >= 15 is 0 Å². The van der Waals surface area contributed by atoms with E-state index in [0.717, 1.165) is 37.4 Å². The van der Waals surface area contributed by atoms with Crippen molar-refractivity contribution in [1.29, 1.82) is 0 Å². The first-order valence-electron chi connectivity index (χ1n) is 6.30. The first kappa shape index (κ1) is 12.2. The van der Waals surface area contributed by atoms with Gasteiger partial charge in [0.25, 0.3) is 0 Å². The highest BCUT2D eigenvalue weighted by atomic mass is 16.3. The van der Waals surface area contributed by atoms with Crippen LogP contribution in [0.15, 0.2) is 30.3 Å². The molecule has 1 fully saturated rings. The molecule has 2 nitrogen and oxygen atoms in total. The lowest BCUT2D eigenvalue weighted by Crippen LogP contribution is -2.11. The fourth-order valence-electron chi connectivity index (χ4n) is 2.11. The molecule has 1 aliphatic heterocycles. The van der Waals surface area contributed by atoms with Crippen molar-refractivity contribution in [2.24, 2.45) is 5.92 Å². The Morgan fingerprint density at radius 2 is 2.18 bits per heavy atom. The van der Waals surface area contributed by atoms with Crippen LogP contribution in [-0.2, 0) is 0 Å². The molecule has 1 aromatic rings. The van der Waals surface area contributed by atoms with Crippen LogP contribution in [0.1, 0.15) is 24.8 Å². The third-order valence-electron chi connectivity index (χ3n) is 3.17. The second-order valence-corrected chi connectivity index (χ2v) is 4.59. The van der Waals surface area contributed by atoms with Gasteiger partial charge in [-0.1, -0.05) is 30.0 Å². The highest BCUT2D eigenvalue weighted by Crippen LogP contribution is 2.15. The quantitative estimate of drug-likeness (QED) is 0.774. The standard InChI is InChI=1S/C15H19NO/c17-15(9-7-14-10-11-16-12-14)8-6-13-4-2-1-3-5-13/h1-5,14-17H,7,9-12H2. The Balaban J connectivity index is 1.77. The lowest BCUT2D eigenvalue weighted by atomic mass is 10.0. The SMILES string of the molecule is OC(C#Cc1ccccc1)CCC1CCNC1. The molecular weight excluding hydrogens is 210 g/mol. The number of aliphatic hydroxyl groups is 1. The predicted octanol–water partition coefficient (Wildman–Crippen LogP) is 1.79. The average molecular weight is 229 g/mol. The number of aliphatic hydroxyl groups excluding tert-OH is 1. The minimum Gasteiger partial charge on any atom is -0.380 e. The van der Waals surface area contributed by atoms with Crippen LogP contribution >= 0.6 is 0 Å². The van der Waals surface area contributed by atoms with Gasteiger partial charge in [0.2, 0.25) is 0 Å². The minimum atomic E-state index is -0.490. The summed E-state index contributed by atoms with van der Waals surface area (Å²) in [6, 6.07) is 9.80. The molecule has 2 unspecified atom stereocenters. The molecule has 17 heavy (non-hydrogen) atoms. The third kappa shape index (κ3) is 4.22. The zero-order chi connectivity index (χ0) is 11.9. The van der Waals surface area contributed by atoms with E-state index in [-0.39, 0.29) is 0 Å². The Hall–Kier alpha value is -1.30. The van der Waals surface area contributed by atoms with Crippen LogP contribution in [0.5, 0.6) is 0 Å². The minimum absolute atomic E-state index is 0.490. The fourth-order valence-corrected chi connectivity index (χ4v) is 2.11. The summed E-state index contributed by atoms with van der Waals surface area (Å²) in [5.41, 5.74) is 0.967. The molecule has 1 aliphatic rings. The average Bonchev–Trinajstić information content (AvgIpc) is 2.88. The van der Waals surface area contributed by atoms with Gasteiger partial charge in [0.05, 0.1) is 0 Å². The summed E-state index contributed by atoms with van der Waals surface area (Å²) in [6.45, 7) is 2.22. The number of hydrogen-bond donors (Lipinski definition) is 2. The highest BCUT2D eigenvalue weighted by Gasteiger charge is 2.14. The van der Waals surface area contributed by atoms with E-state index in [1.54, 1.807) is 0 Å². The lowest BCUT2D eigenvalue weighted by Gasteiger charge is -2.08. The van der Waals surface area contributed by atoms with E-state index in [4.69, 9.17) is 0 Å². The Morgan fingerprint density at radius 1 is 1.35 bits per heavy atom. The zero-order valence-electron chi connectivity index (χ0n) is 10.0. The Labute approximate surface area is 103 Å². The molecule has 0 aromatic heterocycles. The van der Waals surface area contributed by atoms with E-state index in [9.17, 15) is 5.11 Å². The van der Waals surface area contributed by atoms with Crippen molar-refractivity contribution in [3.63, 3.8) is 0 Å². The Kier molecular flexibility index (Phi) is 4.61. The van der Waals surface area contributed by atoms with Gasteiger partial charge in [0.15, 0.2) is 0 Å². The van der Waals surface area contributed by atoms with Crippen molar-refractivity contribution in [1.82, 2.24) is 5.32 Å². The smallest absolute Gasteiger partial charge is 0.115 e.